The molecule has 2 heteroatoms. The van der Waals surface area contributed by atoms with Crippen molar-refractivity contribution in [2.45, 2.75) is 45.6 Å². The number of aliphatic hydroxyl groups excluding tert-OH is 1. The number of aliphatic hydroxyl groups is 1. The highest BCUT2D eigenvalue weighted by Crippen LogP contribution is 2.24. The highest BCUT2D eigenvalue weighted by molar-refractivity contribution is 5.28. The molecule has 20 heavy (non-hydrogen) atoms. The van der Waals surface area contributed by atoms with E-state index in [-0.39, 0.29) is 5.41 Å². The largest absolute Gasteiger partial charge is 0.386 e. The average molecular weight is 269 g/mol. The van der Waals surface area contributed by atoms with E-state index in [9.17, 15) is 5.11 Å². The van der Waals surface area contributed by atoms with E-state index in [4.69, 9.17) is 0 Å². The average Bonchev–Trinajstić information content (AvgIpc) is 2.38. The molecule has 2 nitrogen and oxygen atoms in total. The summed E-state index contributed by atoms with van der Waals surface area (Å²) in [5.41, 5.74) is 4.47. The molecule has 1 heterocycles. The van der Waals surface area contributed by atoms with Crippen LogP contribution in [0.5, 0.6) is 0 Å². The maximum absolute atomic E-state index is 10.3. The summed E-state index contributed by atoms with van der Waals surface area (Å²) in [6.45, 7) is 8.62. The van der Waals surface area contributed by atoms with Gasteiger partial charge in [0.1, 0.15) is 0 Å². The van der Waals surface area contributed by atoms with Crippen molar-refractivity contribution in [3.8, 4) is 0 Å². The van der Waals surface area contributed by atoms with Crippen LogP contribution in [0.1, 0.15) is 49.3 Å². The van der Waals surface area contributed by atoms with Crippen molar-refractivity contribution in [2.75, 3.05) is 0 Å². The SMILES string of the molecule is Cc1ccnc(C(O)Cc2ccc(C(C)(C)C)cc2)c1. The lowest BCUT2D eigenvalue weighted by Gasteiger charge is -2.19. The summed E-state index contributed by atoms with van der Waals surface area (Å²) in [7, 11) is 0. The Morgan fingerprint density at radius 3 is 2.30 bits per heavy atom. The van der Waals surface area contributed by atoms with Crippen LogP contribution >= 0.6 is 0 Å². The van der Waals surface area contributed by atoms with E-state index in [1.807, 2.05) is 19.1 Å². The first-order valence-corrected chi connectivity index (χ1v) is 7.06. The van der Waals surface area contributed by atoms with Crippen molar-refractivity contribution >= 4 is 0 Å². The van der Waals surface area contributed by atoms with Gasteiger partial charge in [-0.3, -0.25) is 4.98 Å². The Bertz CT molecular complexity index is 567. The van der Waals surface area contributed by atoms with Gasteiger partial charge < -0.3 is 5.11 Å². The molecule has 1 N–H and O–H groups in total. The van der Waals surface area contributed by atoms with Gasteiger partial charge in [0.25, 0.3) is 0 Å². The number of benzene rings is 1. The molecule has 0 saturated heterocycles. The van der Waals surface area contributed by atoms with Gasteiger partial charge in [-0.25, -0.2) is 0 Å². The van der Waals surface area contributed by atoms with Gasteiger partial charge in [0.2, 0.25) is 0 Å². The van der Waals surface area contributed by atoms with Crippen LogP contribution in [0.4, 0.5) is 0 Å². The molecule has 0 spiro atoms. The lowest BCUT2D eigenvalue weighted by atomic mass is 9.86. The van der Waals surface area contributed by atoms with Crippen molar-refractivity contribution in [3.05, 3.63) is 65.0 Å². The lowest BCUT2D eigenvalue weighted by molar-refractivity contribution is 0.173. The number of rotatable bonds is 3. The fourth-order valence-electron chi connectivity index (χ4n) is 2.21. The summed E-state index contributed by atoms with van der Waals surface area (Å²) in [6, 6.07) is 12.4. The maximum atomic E-state index is 10.3. The number of nitrogens with zero attached hydrogens (tertiary/aromatic N) is 1. The molecule has 1 aromatic heterocycles. The van der Waals surface area contributed by atoms with Crippen molar-refractivity contribution in [1.82, 2.24) is 4.98 Å². The van der Waals surface area contributed by atoms with Crippen LogP contribution in [0.15, 0.2) is 42.6 Å². The zero-order valence-electron chi connectivity index (χ0n) is 12.7. The van der Waals surface area contributed by atoms with Crippen molar-refractivity contribution < 1.29 is 5.11 Å². The second kappa shape index (κ2) is 5.76. The van der Waals surface area contributed by atoms with Gasteiger partial charge in [0, 0.05) is 12.6 Å². The number of hydrogen-bond donors (Lipinski definition) is 1. The van der Waals surface area contributed by atoms with Crippen LogP contribution in [-0.2, 0) is 11.8 Å². The molecule has 0 fully saturated rings. The molecule has 0 aliphatic rings. The summed E-state index contributed by atoms with van der Waals surface area (Å²) in [4.78, 5) is 4.24. The van der Waals surface area contributed by atoms with E-state index in [1.165, 1.54) is 5.56 Å². The number of aromatic nitrogens is 1. The van der Waals surface area contributed by atoms with Crippen LogP contribution < -0.4 is 0 Å². The summed E-state index contributed by atoms with van der Waals surface area (Å²) in [5, 5.41) is 10.3. The fourth-order valence-corrected chi connectivity index (χ4v) is 2.21. The molecule has 2 rings (SSSR count). The molecule has 1 aromatic carbocycles. The third-order valence-corrected chi connectivity index (χ3v) is 3.53. The molecule has 0 radical (unpaired) electrons. The minimum Gasteiger partial charge on any atom is -0.386 e. The second-order valence-corrected chi connectivity index (χ2v) is 6.42. The van der Waals surface area contributed by atoms with Gasteiger partial charge in [0.15, 0.2) is 0 Å². The Morgan fingerprint density at radius 1 is 1.10 bits per heavy atom. The summed E-state index contributed by atoms with van der Waals surface area (Å²) in [6.07, 6.45) is 1.80. The van der Waals surface area contributed by atoms with Crippen molar-refractivity contribution in [2.24, 2.45) is 0 Å². The topological polar surface area (TPSA) is 33.1 Å². The van der Waals surface area contributed by atoms with E-state index in [2.05, 4.69) is 50.0 Å². The molecule has 0 aliphatic carbocycles. The molecular weight excluding hydrogens is 246 g/mol. The molecule has 1 unspecified atom stereocenters. The minimum absolute atomic E-state index is 0.162. The normalized spacial score (nSPS) is 13.2. The van der Waals surface area contributed by atoms with Crippen LogP contribution in [0.3, 0.4) is 0 Å². The molecule has 0 aliphatic heterocycles. The first kappa shape index (κ1) is 14.7. The highest BCUT2D eigenvalue weighted by Gasteiger charge is 2.14. The molecule has 0 saturated carbocycles. The summed E-state index contributed by atoms with van der Waals surface area (Å²) >= 11 is 0. The van der Waals surface area contributed by atoms with E-state index in [0.29, 0.717) is 6.42 Å². The van der Waals surface area contributed by atoms with Crippen LogP contribution in [-0.4, -0.2) is 10.1 Å². The Hall–Kier alpha value is -1.67. The van der Waals surface area contributed by atoms with E-state index in [0.717, 1.165) is 16.8 Å². The van der Waals surface area contributed by atoms with E-state index >= 15 is 0 Å². The van der Waals surface area contributed by atoms with Gasteiger partial charge in [-0.1, -0.05) is 45.0 Å². The van der Waals surface area contributed by atoms with Gasteiger partial charge in [-0.15, -0.1) is 0 Å². The van der Waals surface area contributed by atoms with Crippen LogP contribution in [0.25, 0.3) is 0 Å². The van der Waals surface area contributed by atoms with E-state index in [1.54, 1.807) is 6.20 Å². The predicted molar refractivity (Wildman–Crippen MR) is 82.8 cm³/mol. The molecular formula is C18H23NO. The van der Waals surface area contributed by atoms with Gasteiger partial charge in [0.05, 0.1) is 11.8 Å². The van der Waals surface area contributed by atoms with Gasteiger partial charge in [-0.2, -0.15) is 0 Å². The molecule has 1 atom stereocenters. The first-order chi connectivity index (χ1) is 9.36. The Morgan fingerprint density at radius 2 is 1.75 bits per heavy atom. The van der Waals surface area contributed by atoms with Gasteiger partial charge in [-0.05, 0) is 41.2 Å². The Balaban J connectivity index is 2.10. The maximum Gasteiger partial charge on any atom is 0.1000 e. The molecule has 106 valence electrons. The highest BCUT2D eigenvalue weighted by atomic mass is 16.3. The Labute approximate surface area is 121 Å². The number of pyridine rings is 1. The monoisotopic (exact) mass is 269 g/mol. The number of hydrogen-bond acceptors (Lipinski definition) is 2. The Kier molecular flexibility index (Phi) is 4.24. The van der Waals surface area contributed by atoms with E-state index < -0.39 is 6.10 Å². The predicted octanol–water partition coefficient (Wildman–Crippen LogP) is 3.96. The van der Waals surface area contributed by atoms with Gasteiger partial charge >= 0.3 is 0 Å². The van der Waals surface area contributed by atoms with Crippen molar-refractivity contribution in [3.63, 3.8) is 0 Å². The summed E-state index contributed by atoms with van der Waals surface area (Å²) < 4.78 is 0. The molecule has 0 amide bonds. The third kappa shape index (κ3) is 3.67. The summed E-state index contributed by atoms with van der Waals surface area (Å²) in [5.74, 6) is 0. The standard InChI is InChI=1S/C18H23NO/c1-13-9-10-19-16(11-13)17(20)12-14-5-7-15(8-6-14)18(2,3)4/h5-11,17,20H,12H2,1-4H3. The minimum atomic E-state index is -0.546. The molecule has 0 bridgehead atoms. The zero-order valence-corrected chi connectivity index (χ0v) is 12.7. The third-order valence-electron chi connectivity index (χ3n) is 3.53. The number of aryl methyl sites for hydroxylation is 1. The lowest BCUT2D eigenvalue weighted by Crippen LogP contribution is -2.11. The molecule has 2 aromatic rings. The second-order valence-electron chi connectivity index (χ2n) is 6.42. The fraction of sp³-hybridized carbons (Fsp3) is 0.389. The smallest absolute Gasteiger partial charge is 0.1000 e. The first-order valence-electron chi connectivity index (χ1n) is 7.06. The van der Waals surface area contributed by atoms with Crippen LogP contribution in [0.2, 0.25) is 0 Å². The quantitative estimate of drug-likeness (QED) is 0.914. The van der Waals surface area contributed by atoms with Crippen LogP contribution in [0, 0.1) is 6.92 Å². The zero-order chi connectivity index (χ0) is 14.8. The van der Waals surface area contributed by atoms with Crippen molar-refractivity contribution in [1.29, 1.82) is 0 Å².